The van der Waals surface area contributed by atoms with E-state index in [2.05, 4.69) is 56.8 Å². The summed E-state index contributed by atoms with van der Waals surface area (Å²) in [5.74, 6) is 0.415. The van der Waals surface area contributed by atoms with E-state index in [1.165, 1.54) is 5.56 Å². The van der Waals surface area contributed by atoms with Gasteiger partial charge in [0.05, 0.1) is 0 Å². The molecule has 0 heterocycles. The molecule has 0 aromatic heterocycles. The lowest BCUT2D eigenvalue weighted by atomic mass is 9.77. The van der Waals surface area contributed by atoms with Crippen LogP contribution in [0.4, 0.5) is 0 Å². The van der Waals surface area contributed by atoms with Gasteiger partial charge in [-0.05, 0) is 40.1 Å². The summed E-state index contributed by atoms with van der Waals surface area (Å²) >= 11 is 0. The van der Waals surface area contributed by atoms with Gasteiger partial charge >= 0.3 is 0 Å². The van der Waals surface area contributed by atoms with Gasteiger partial charge in [0.25, 0.3) is 0 Å². The van der Waals surface area contributed by atoms with Gasteiger partial charge in [0, 0.05) is 0 Å². The lowest BCUT2D eigenvalue weighted by Crippen LogP contribution is -2.22. The third-order valence-electron chi connectivity index (χ3n) is 3.42. The predicted octanol–water partition coefficient (Wildman–Crippen LogP) is 4.62. The van der Waals surface area contributed by atoms with Gasteiger partial charge in [0.15, 0.2) is 0 Å². The van der Waals surface area contributed by atoms with Crippen LogP contribution in [0.2, 0.25) is 0 Å². The molecule has 1 aromatic carbocycles. The van der Waals surface area contributed by atoms with Gasteiger partial charge in [-0.25, -0.2) is 0 Å². The molecule has 1 N–H and O–H groups in total. The Hall–Kier alpha value is -0.550. The molecule has 0 aliphatic carbocycles. The van der Waals surface area contributed by atoms with Crippen molar-refractivity contribution in [3.63, 3.8) is 0 Å². The van der Waals surface area contributed by atoms with Gasteiger partial charge < -0.3 is 5.11 Å². The third-order valence-corrected chi connectivity index (χ3v) is 3.66. The SMILES string of the molecule is CC(P)CC(C)(C)c1cc(C(C)(C)C)ccc1O. The van der Waals surface area contributed by atoms with E-state index in [1.54, 1.807) is 0 Å². The highest BCUT2D eigenvalue weighted by Gasteiger charge is 2.27. The topological polar surface area (TPSA) is 20.2 Å². The predicted molar refractivity (Wildman–Crippen MR) is 83.6 cm³/mol. The van der Waals surface area contributed by atoms with Crippen LogP contribution < -0.4 is 0 Å². The number of aromatic hydroxyl groups is 1. The van der Waals surface area contributed by atoms with Crippen molar-refractivity contribution in [2.24, 2.45) is 0 Å². The van der Waals surface area contributed by atoms with E-state index in [4.69, 9.17) is 0 Å². The molecule has 2 heteroatoms. The maximum absolute atomic E-state index is 10.1. The molecule has 2 unspecified atom stereocenters. The van der Waals surface area contributed by atoms with Crippen molar-refractivity contribution in [3.8, 4) is 5.75 Å². The van der Waals surface area contributed by atoms with Crippen LogP contribution in [0.25, 0.3) is 0 Å². The largest absolute Gasteiger partial charge is 0.508 e. The van der Waals surface area contributed by atoms with E-state index in [0.29, 0.717) is 11.4 Å². The number of rotatable bonds is 3. The van der Waals surface area contributed by atoms with Crippen LogP contribution in [0.15, 0.2) is 18.2 Å². The molecule has 0 aliphatic heterocycles. The fourth-order valence-electron chi connectivity index (χ4n) is 2.46. The molecular formula is C16H27OP. The number of hydrogen-bond acceptors (Lipinski definition) is 1. The Kier molecular flexibility index (Phi) is 4.49. The molecule has 0 spiro atoms. The Bertz CT molecular complexity index is 414. The van der Waals surface area contributed by atoms with Gasteiger partial charge in [0.1, 0.15) is 5.75 Å². The molecule has 0 amide bonds. The average Bonchev–Trinajstić information content (AvgIpc) is 2.13. The number of phenols is 1. The first-order valence-electron chi connectivity index (χ1n) is 6.63. The normalized spacial score (nSPS) is 14.6. The quantitative estimate of drug-likeness (QED) is 0.791. The lowest BCUT2D eigenvalue weighted by molar-refractivity contribution is 0.418. The van der Waals surface area contributed by atoms with Gasteiger partial charge in [-0.15, -0.1) is 9.24 Å². The summed E-state index contributed by atoms with van der Waals surface area (Å²) < 4.78 is 0. The molecule has 0 bridgehead atoms. The van der Waals surface area contributed by atoms with Gasteiger partial charge in [-0.3, -0.25) is 0 Å². The van der Waals surface area contributed by atoms with Gasteiger partial charge in [0.2, 0.25) is 0 Å². The van der Waals surface area contributed by atoms with Crippen LogP contribution in [0.3, 0.4) is 0 Å². The minimum Gasteiger partial charge on any atom is -0.508 e. The van der Waals surface area contributed by atoms with E-state index in [0.717, 1.165) is 12.0 Å². The second kappa shape index (κ2) is 5.21. The summed E-state index contributed by atoms with van der Waals surface area (Å²) in [7, 11) is 2.84. The van der Waals surface area contributed by atoms with Crippen LogP contribution in [0.5, 0.6) is 5.75 Å². The fraction of sp³-hybridized carbons (Fsp3) is 0.625. The maximum atomic E-state index is 10.1. The fourth-order valence-corrected chi connectivity index (χ4v) is 3.05. The molecule has 1 nitrogen and oxygen atoms in total. The van der Waals surface area contributed by atoms with E-state index in [9.17, 15) is 5.11 Å². The highest BCUT2D eigenvalue weighted by molar-refractivity contribution is 7.17. The first-order valence-corrected chi connectivity index (χ1v) is 7.30. The standard InChI is InChI=1S/C16H27OP/c1-11(18)10-16(5,6)13-9-12(15(2,3)4)7-8-14(13)17/h7-9,11,17H,10,18H2,1-6H3. The van der Waals surface area contributed by atoms with Crippen molar-refractivity contribution in [3.05, 3.63) is 29.3 Å². The summed E-state index contributed by atoms with van der Waals surface area (Å²) in [5.41, 5.74) is 2.99. The molecule has 0 fully saturated rings. The Labute approximate surface area is 114 Å². The van der Waals surface area contributed by atoms with Crippen LogP contribution in [-0.4, -0.2) is 10.8 Å². The summed E-state index contributed by atoms with van der Waals surface area (Å²) in [6, 6.07) is 6.03. The number of benzene rings is 1. The molecule has 0 aliphatic rings. The molecule has 0 saturated heterocycles. The molecule has 18 heavy (non-hydrogen) atoms. The first-order chi connectivity index (χ1) is 8.04. The zero-order chi connectivity index (χ0) is 14.1. The van der Waals surface area contributed by atoms with Crippen LogP contribution in [0.1, 0.15) is 59.1 Å². The van der Waals surface area contributed by atoms with E-state index in [1.807, 2.05) is 12.1 Å². The summed E-state index contributed by atoms with van der Waals surface area (Å²) in [6.07, 6.45) is 1.04. The second-order valence-corrected chi connectivity index (χ2v) is 8.19. The van der Waals surface area contributed by atoms with Crippen LogP contribution in [0, 0.1) is 0 Å². The second-order valence-electron chi connectivity index (χ2n) is 7.05. The zero-order valence-electron chi connectivity index (χ0n) is 12.5. The third kappa shape index (κ3) is 3.72. The molecule has 1 aromatic rings. The van der Waals surface area contributed by atoms with Crippen LogP contribution >= 0.6 is 9.24 Å². The zero-order valence-corrected chi connectivity index (χ0v) is 13.7. The van der Waals surface area contributed by atoms with E-state index >= 15 is 0 Å². The van der Waals surface area contributed by atoms with Crippen molar-refractivity contribution >= 4 is 9.24 Å². The Morgan fingerprint density at radius 2 is 1.72 bits per heavy atom. The molecule has 0 saturated carbocycles. The summed E-state index contributed by atoms with van der Waals surface area (Å²) in [4.78, 5) is 0. The van der Waals surface area contributed by atoms with Crippen molar-refractivity contribution in [1.29, 1.82) is 0 Å². The highest BCUT2D eigenvalue weighted by Crippen LogP contribution is 2.38. The van der Waals surface area contributed by atoms with Gasteiger partial charge in [-0.2, -0.15) is 0 Å². The summed E-state index contributed by atoms with van der Waals surface area (Å²) in [5, 5.41) is 10.1. The van der Waals surface area contributed by atoms with E-state index in [-0.39, 0.29) is 10.8 Å². The molecule has 102 valence electrons. The number of phenolic OH excluding ortho intramolecular Hbond substituents is 1. The summed E-state index contributed by atoms with van der Waals surface area (Å²) in [6.45, 7) is 13.2. The Morgan fingerprint density at radius 3 is 2.17 bits per heavy atom. The smallest absolute Gasteiger partial charge is 0.119 e. The maximum Gasteiger partial charge on any atom is 0.119 e. The number of hydrogen-bond donors (Lipinski definition) is 1. The minimum absolute atomic E-state index is 0.00743. The molecule has 2 atom stereocenters. The average molecular weight is 266 g/mol. The van der Waals surface area contributed by atoms with Crippen molar-refractivity contribution < 1.29 is 5.11 Å². The lowest BCUT2D eigenvalue weighted by Gasteiger charge is -2.30. The van der Waals surface area contributed by atoms with Crippen molar-refractivity contribution in [1.82, 2.24) is 0 Å². The molecule has 0 radical (unpaired) electrons. The minimum atomic E-state index is -0.00743. The van der Waals surface area contributed by atoms with Gasteiger partial charge in [-0.1, -0.05) is 53.7 Å². The Morgan fingerprint density at radius 1 is 1.17 bits per heavy atom. The molecular weight excluding hydrogens is 239 g/mol. The van der Waals surface area contributed by atoms with Crippen LogP contribution in [-0.2, 0) is 10.8 Å². The Balaban J connectivity index is 3.23. The first kappa shape index (κ1) is 15.5. The van der Waals surface area contributed by atoms with E-state index < -0.39 is 0 Å². The van der Waals surface area contributed by atoms with Crippen molar-refractivity contribution in [2.45, 2.75) is 64.5 Å². The molecule has 1 rings (SSSR count). The monoisotopic (exact) mass is 266 g/mol. The van der Waals surface area contributed by atoms with Crippen molar-refractivity contribution in [2.75, 3.05) is 0 Å². The highest BCUT2D eigenvalue weighted by atomic mass is 31.0.